The Morgan fingerprint density at radius 2 is 2.00 bits per heavy atom. The lowest BCUT2D eigenvalue weighted by molar-refractivity contribution is -0.121. The number of carbonyl (C=O) groups is 1. The number of benzene rings is 2. The minimum Gasteiger partial charge on any atom is -0.322 e. The summed E-state index contributed by atoms with van der Waals surface area (Å²) < 4.78 is 2.28. The van der Waals surface area contributed by atoms with E-state index in [-0.39, 0.29) is 11.8 Å². The largest absolute Gasteiger partial charge is 0.322 e. The fourth-order valence-corrected chi connectivity index (χ4v) is 4.96. The van der Waals surface area contributed by atoms with E-state index in [1.165, 1.54) is 16.9 Å². The molecule has 2 aromatic heterocycles. The molecule has 8 heteroatoms. The Balaban J connectivity index is 1.35. The third-order valence-corrected chi connectivity index (χ3v) is 6.83. The van der Waals surface area contributed by atoms with Gasteiger partial charge in [-0.15, -0.1) is 11.3 Å². The van der Waals surface area contributed by atoms with E-state index in [1.54, 1.807) is 6.20 Å². The van der Waals surface area contributed by atoms with Crippen molar-refractivity contribution in [1.29, 1.82) is 0 Å². The molecule has 1 aliphatic heterocycles. The molecule has 1 saturated heterocycles. The Morgan fingerprint density at radius 1 is 1.16 bits per heavy atom. The van der Waals surface area contributed by atoms with Crippen LogP contribution in [-0.4, -0.2) is 38.4 Å². The molecule has 0 radical (unpaired) electrons. The molecule has 5 rings (SSSR count). The van der Waals surface area contributed by atoms with Gasteiger partial charge in [-0.05, 0) is 49.2 Å². The quantitative estimate of drug-likeness (QED) is 0.433. The molecule has 0 bridgehead atoms. The maximum Gasteiger partial charge on any atom is 0.230 e. The minimum atomic E-state index is -0.0401. The smallest absolute Gasteiger partial charge is 0.230 e. The zero-order valence-electron chi connectivity index (χ0n) is 17.6. The number of nitrogens with zero attached hydrogens (tertiary/aromatic N) is 4. The molecule has 32 heavy (non-hydrogen) atoms. The molecule has 1 amide bonds. The van der Waals surface area contributed by atoms with E-state index in [0.717, 1.165) is 54.4 Å². The van der Waals surface area contributed by atoms with Crippen molar-refractivity contribution in [3.8, 4) is 0 Å². The number of rotatable bonds is 6. The van der Waals surface area contributed by atoms with Gasteiger partial charge in [0.1, 0.15) is 5.82 Å². The van der Waals surface area contributed by atoms with Crippen molar-refractivity contribution in [2.24, 2.45) is 5.92 Å². The highest BCUT2D eigenvalue weighted by molar-refractivity contribution is 7.13. The first-order valence-electron chi connectivity index (χ1n) is 10.8. The van der Waals surface area contributed by atoms with E-state index in [0.29, 0.717) is 11.7 Å². The number of imidazole rings is 1. The molecule has 164 valence electrons. The summed E-state index contributed by atoms with van der Waals surface area (Å²) in [6.45, 7) is 3.13. The molecule has 6 nitrogen and oxygen atoms in total. The summed E-state index contributed by atoms with van der Waals surface area (Å²) in [7, 11) is 0. The van der Waals surface area contributed by atoms with Crippen LogP contribution < -0.4 is 5.32 Å². The van der Waals surface area contributed by atoms with Gasteiger partial charge in [-0.2, -0.15) is 0 Å². The lowest BCUT2D eigenvalue weighted by Gasteiger charge is -2.31. The number of piperidine rings is 1. The van der Waals surface area contributed by atoms with Crippen LogP contribution in [0.1, 0.15) is 24.2 Å². The van der Waals surface area contributed by atoms with Crippen molar-refractivity contribution in [3.63, 3.8) is 0 Å². The fourth-order valence-electron chi connectivity index (χ4n) is 4.30. The predicted octanol–water partition coefficient (Wildman–Crippen LogP) is 5.05. The number of halogens is 1. The number of hydrogen-bond acceptors (Lipinski definition) is 5. The number of nitrogens with one attached hydrogen (secondary N) is 1. The summed E-state index contributed by atoms with van der Waals surface area (Å²) in [5.41, 5.74) is 3.29. The summed E-state index contributed by atoms with van der Waals surface area (Å²) in [5, 5.41) is 6.23. The van der Waals surface area contributed by atoms with E-state index in [4.69, 9.17) is 16.6 Å². The molecule has 3 heterocycles. The molecule has 4 aromatic rings. The van der Waals surface area contributed by atoms with Crippen LogP contribution in [0.3, 0.4) is 0 Å². The van der Waals surface area contributed by atoms with Crippen molar-refractivity contribution in [2.45, 2.75) is 25.9 Å². The van der Waals surface area contributed by atoms with Crippen LogP contribution in [0.4, 0.5) is 5.13 Å². The highest BCUT2D eigenvalue weighted by Crippen LogP contribution is 2.24. The lowest BCUT2D eigenvalue weighted by atomic mass is 9.97. The van der Waals surface area contributed by atoms with E-state index in [2.05, 4.69) is 44.0 Å². The Bertz CT molecular complexity index is 1210. The van der Waals surface area contributed by atoms with E-state index in [1.807, 2.05) is 29.6 Å². The van der Waals surface area contributed by atoms with Crippen LogP contribution in [0.2, 0.25) is 5.02 Å². The zero-order chi connectivity index (χ0) is 21.9. The summed E-state index contributed by atoms with van der Waals surface area (Å²) in [6, 6.07) is 16.2. The van der Waals surface area contributed by atoms with Gasteiger partial charge in [0, 0.05) is 29.7 Å². The van der Waals surface area contributed by atoms with Gasteiger partial charge in [0.15, 0.2) is 5.13 Å². The fraction of sp³-hybridized carbons (Fsp3) is 0.292. The molecule has 1 fully saturated rings. The Morgan fingerprint density at radius 3 is 2.81 bits per heavy atom. The average molecular weight is 466 g/mol. The number of aromatic nitrogens is 3. The molecule has 0 spiro atoms. The highest BCUT2D eigenvalue weighted by atomic mass is 35.5. The first-order chi connectivity index (χ1) is 15.7. The monoisotopic (exact) mass is 465 g/mol. The third kappa shape index (κ3) is 4.70. The van der Waals surface area contributed by atoms with E-state index >= 15 is 0 Å². The van der Waals surface area contributed by atoms with Crippen molar-refractivity contribution in [3.05, 3.63) is 76.5 Å². The predicted molar refractivity (Wildman–Crippen MR) is 129 cm³/mol. The minimum absolute atomic E-state index is 0.0401. The first kappa shape index (κ1) is 21.1. The zero-order valence-corrected chi connectivity index (χ0v) is 19.1. The van der Waals surface area contributed by atoms with Gasteiger partial charge < -0.3 is 9.88 Å². The topological polar surface area (TPSA) is 63.1 Å². The normalized spacial score (nSPS) is 17.0. The number of likely N-dealkylation sites (tertiary alicyclic amines) is 1. The van der Waals surface area contributed by atoms with Crippen molar-refractivity contribution < 1.29 is 4.79 Å². The highest BCUT2D eigenvalue weighted by Gasteiger charge is 2.27. The van der Waals surface area contributed by atoms with Gasteiger partial charge in [-0.1, -0.05) is 35.9 Å². The van der Waals surface area contributed by atoms with Crippen LogP contribution in [0.25, 0.3) is 11.0 Å². The van der Waals surface area contributed by atoms with Crippen LogP contribution in [0.15, 0.2) is 60.1 Å². The summed E-state index contributed by atoms with van der Waals surface area (Å²) >= 11 is 7.52. The van der Waals surface area contributed by atoms with Crippen LogP contribution >= 0.6 is 22.9 Å². The molecule has 1 atom stereocenters. The summed E-state index contributed by atoms with van der Waals surface area (Å²) in [6.07, 6.45) is 3.60. The molecule has 0 aliphatic carbocycles. The number of fused-ring (bicyclic) bond motifs is 1. The van der Waals surface area contributed by atoms with Gasteiger partial charge in [0.2, 0.25) is 5.91 Å². The molecule has 0 saturated carbocycles. The second-order valence-corrected chi connectivity index (χ2v) is 9.46. The lowest BCUT2D eigenvalue weighted by Crippen LogP contribution is -2.40. The van der Waals surface area contributed by atoms with Gasteiger partial charge in [0.05, 0.1) is 23.5 Å². The van der Waals surface area contributed by atoms with Gasteiger partial charge in [-0.3, -0.25) is 9.69 Å². The number of thiazole rings is 1. The Kier molecular flexibility index (Phi) is 6.21. The molecular formula is C24H24ClN5OS. The standard InChI is InChI=1S/C24H24ClN5OS/c25-19-9-7-17(8-10-19)14-30-21-6-2-1-5-20(21)27-22(30)16-29-12-3-4-18(15-29)23(31)28-24-26-11-13-32-24/h1-2,5-11,13,18H,3-4,12,14-16H2,(H,26,28,31)/t18-/m0/s1. The summed E-state index contributed by atoms with van der Waals surface area (Å²) in [5.74, 6) is 1.03. The summed E-state index contributed by atoms with van der Waals surface area (Å²) in [4.78, 5) is 24.2. The van der Waals surface area contributed by atoms with Gasteiger partial charge in [0.25, 0.3) is 0 Å². The van der Waals surface area contributed by atoms with Gasteiger partial charge in [-0.25, -0.2) is 9.97 Å². The van der Waals surface area contributed by atoms with E-state index in [9.17, 15) is 4.79 Å². The van der Waals surface area contributed by atoms with Crippen LogP contribution in [0.5, 0.6) is 0 Å². The van der Waals surface area contributed by atoms with Crippen LogP contribution in [-0.2, 0) is 17.9 Å². The maximum absolute atomic E-state index is 12.7. The molecule has 1 N–H and O–H groups in total. The molecule has 1 aliphatic rings. The number of hydrogen-bond donors (Lipinski definition) is 1. The van der Waals surface area contributed by atoms with Gasteiger partial charge >= 0.3 is 0 Å². The second-order valence-electron chi connectivity index (χ2n) is 8.13. The van der Waals surface area contributed by atoms with E-state index < -0.39 is 0 Å². The van der Waals surface area contributed by atoms with Crippen molar-refractivity contribution in [2.75, 3.05) is 18.4 Å². The Hall–Kier alpha value is -2.74. The van der Waals surface area contributed by atoms with Crippen molar-refractivity contribution >= 4 is 45.0 Å². The first-order valence-corrected chi connectivity index (χ1v) is 12.0. The average Bonchev–Trinajstić information content (AvgIpc) is 3.44. The number of carbonyl (C=O) groups excluding carboxylic acids is 1. The number of amides is 1. The van der Waals surface area contributed by atoms with Crippen LogP contribution in [0, 0.1) is 5.92 Å². The van der Waals surface area contributed by atoms with Crippen molar-refractivity contribution in [1.82, 2.24) is 19.4 Å². The maximum atomic E-state index is 12.7. The number of anilines is 1. The SMILES string of the molecule is O=C(Nc1nccs1)[C@H]1CCCN(Cc2nc3ccccc3n2Cc2ccc(Cl)cc2)C1. The number of para-hydroxylation sites is 2. The molecular weight excluding hydrogens is 442 g/mol. The molecule has 2 aromatic carbocycles. The molecule has 0 unspecified atom stereocenters. The Labute approximate surface area is 195 Å². The second kappa shape index (κ2) is 9.40. The third-order valence-electron chi connectivity index (χ3n) is 5.89.